The first-order valence-corrected chi connectivity index (χ1v) is 10.0. The second kappa shape index (κ2) is 8.49. The Hall–Kier alpha value is -3.12. The van der Waals surface area contributed by atoms with Crippen LogP contribution in [0.2, 0.25) is 0 Å². The Kier molecular flexibility index (Phi) is 5.62. The van der Waals surface area contributed by atoms with E-state index in [1.807, 2.05) is 31.2 Å². The molecule has 1 atom stereocenters. The monoisotopic (exact) mass is 391 g/mol. The Morgan fingerprint density at radius 3 is 2.52 bits per heavy atom. The molecule has 2 aromatic carbocycles. The van der Waals surface area contributed by atoms with Gasteiger partial charge in [-0.25, -0.2) is 0 Å². The van der Waals surface area contributed by atoms with Crippen LogP contribution in [0.3, 0.4) is 0 Å². The zero-order valence-corrected chi connectivity index (χ0v) is 16.5. The summed E-state index contributed by atoms with van der Waals surface area (Å²) in [5, 5.41) is 11.1. The van der Waals surface area contributed by atoms with Gasteiger partial charge in [0.15, 0.2) is 0 Å². The van der Waals surface area contributed by atoms with Crippen LogP contribution < -0.4 is 4.74 Å². The van der Waals surface area contributed by atoms with Gasteiger partial charge in [-0.1, -0.05) is 24.3 Å². The van der Waals surface area contributed by atoms with E-state index in [0.717, 1.165) is 37.4 Å². The van der Waals surface area contributed by atoms with E-state index in [4.69, 9.17) is 4.74 Å². The Balaban J connectivity index is 1.66. The summed E-state index contributed by atoms with van der Waals surface area (Å²) >= 11 is 0. The molecule has 0 fully saturated rings. The molecule has 0 radical (unpaired) electrons. The Labute approximate surface area is 170 Å². The maximum absolute atomic E-state index is 11.1. The molecule has 29 heavy (non-hydrogen) atoms. The normalized spacial score (nSPS) is 16.8. The lowest BCUT2D eigenvalue weighted by molar-refractivity contribution is -0.384. The molecule has 0 spiro atoms. The van der Waals surface area contributed by atoms with Crippen LogP contribution in [0.1, 0.15) is 36.2 Å². The number of hydrogen-bond donors (Lipinski definition) is 0. The molecule has 0 aliphatic carbocycles. The first-order chi connectivity index (χ1) is 14.2. The fourth-order valence-corrected chi connectivity index (χ4v) is 4.06. The highest BCUT2D eigenvalue weighted by molar-refractivity contribution is 5.38. The molecule has 3 aromatic rings. The molecule has 0 N–H and O–H groups in total. The molecular weight excluding hydrogens is 366 g/mol. The van der Waals surface area contributed by atoms with Crippen LogP contribution in [-0.4, -0.2) is 27.5 Å². The second-order valence-electron chi connectivity index (χ2n) is 7.28. The van der Waals surface area contributed by atoms with Gasteiger partial charge >= 0.3 is 0 Å². The average molecular weight is 391 g/mol. The van der Waals surface area contributed by atoms with Crippen molar-refractivity contribution >= 4 is 5.69 Å². The third-order valence-corrected chi connectivity index (χ3v) is 5.39. The Morgan fingerprint density at radius 1 is 1.07 bits per heavy atom. The number of rotatable bonds is 6. The predicted molar refractivity (Wildman–Crippen MR) is 112 cm³/mol. The molecule has 4 rings (SSSR count). The number of hydrogen-bond acceptors (Lipinski definition) is 4. The van der Waals surface area contributed by atoms with E-state index in [2.05, 4.69) is 39.9 Å². The smallest absolute Gasteiger partial charge is 0.269 e. The Morgan fingerprint density at radius 2 is 1.83 bits per heavy atom. The lowest BCUT2D eigenvalue weighted by Crippen LogP contribution is -2.29. The molecule has 0 saturated heterocycles. The van der Waals surface area contributed by atoms with Crippen molar-refractivity contribution in [2.75, 3.05) is 13.2 Å². The minimum absolute atomic E-state index is 0.0554. The number of benzene rings is 2. The van der Waals surface area contributed by atoms with Crippen molar-refractivity contribution in [1.82, 2.24) is 9.47 Å². The standard InChI is InChI=1S/C23H25N3O3/c1-2-29-21-12-6-18(7-13-21)17-25-16-4-15-24-14-3-5-22(24)23(25)19-8-10-20(11-9-19)26(27)28/h3,5-14,23H,2,4,15-17H2,1H3/t23-/m1/s1. The summed E-state index contributed by atoms with van der Waals surface area (Å²) in [6, 6.07) is 19.5. The van der Waals surface area contributed by atoms with Gasteiger partial charge in [-0.3, -0.25) is 15.0 Å². The van der Waals surface area contributed by atoms with Crippen LogP contribution in [0.25, 0.3) is 0 Å². The number of nitro groups is 1. The molecule has 0 saturated carbocycles. The van der Waals surface area contributed by atoms with Crippen molar-refractivity contribution in [3.63, 3.8) is 0 Å². The molecule has 0 unspecified atom stereocenters. The Bertz CT molecular complexity index is 964. The molecule has 150 valence electrons. The molecule has 6 heteroatoms. The molecular formula is C23H25N3O3. The summed E-state index contributed by atoms with van der Waals surface area (Å²) < 4.78 is 7.85. The summed E-state index contributed by atoms with van der Waals surface area (Å²) in [5.74, 6) is 0.882. The maximum Gasteiger partial charge on any atom is 0.269 e. The van der Waals surface area contributed by atoms with Crippen LogP contribution in [0.5, 0.6) is 5.75 Å². The van der Waals surface area contributed by atoms with Crippen molar-refractivity contribution in [3.05, 3.63) is 93.8 Å². The quantitative estimate of drug-likeness (QED) is 0.448. The van der Waals surface area contributed by atoms with Crippen LogP contribution in [0, 0.1) is 10.1 Å². The molecule has 0 bridgehead atoms. The number of aryl methyl sites for hydroxylation is 1. The summed E-state index contributed by atoms with van der Waals surface area (Å²) in [6.07, 6.45) is 3.18. The largest absolute Gasteiger partial charge is 0.494 e. The van der Waals surface area contributed by atoms with Gasteiger partial charge < -0.3 is 9.30 Å². The zero-order valence-electron chi connectivity index (χ0n) is 16.5. The average Bonchev–Trinajstić information content (AvgIpc) is 3.11. The van der Waals surface area contributed by atoms with E-state index < -0.39 is 0 Å². The summed E-state index contributed by atoms with van der Waals surface area (Å²) in [7, 11) is 0. The molecule has 2 heterocycles. The van der Waals surface area contributed by atoms with Gasteiger partial charge in [-0.2, -0.15) is 0 Å². The number of non-ortho nitro benzene ring substituents is 1. The van der Waals surface area contributed by atoms with Crippen molar-refractivity contribution in [2.24, 2.45) is 0 Å². The van der Waals surface area contributed by atoms with Gasteiger partial charge in [0.1, 0.15) is 5.75 Å². The minimum Gasteiger partial charge on any atom is -0.494 e. The van der Waals surface area contributed by atoms with E-state index in [-0.39, 0.29) is 16.7 Å². The van der Waals surface area contributed by atoms with E-state index in [1.54, 1.807) is 12.1 Å². The minimum atomic E-state index is -0.350. The fourth-order valence-electron chi connectivity index (χ4n) is 4.06. The van der Waals surface area contributed by atoms with Crippen LogP contribution in [-0.2, 0) is 13.1 Å². The van der Waals surface area contributed by atoms with E-state index in [0.29, 0.717) is 6.61 Å². The van der Waals surface area contributed by atoms with Gasteiger partial charge in [0, 0.05) is 43.7 Å². The van der Waals surface area contributed by atoms with Crippen molar-refractivity contribution in [3.8, 4) is 5.75 Å². The van der Waals surface area contributed by atoms with E-state index >= 15 is 0 Å². The molecule has 1 aliphatic heterocycles. The van der Waals surface area contributed by atoms with Gasteiger partial charge in [0.05, 0.1) is 17.6 Å². The summed E-state index contributed by atoms with van der Waals surface area (Å²) in [6.45, 7) is 5.38. The third kappa shape index (κ3) is 4.17. The van der Waals surface area contributed by atoms with Crippen LogP contribution in [0.4, 0.5) is 5.69 Å². The summed E-state index contributed by atoms with van der Waals surface area (Å²) in [5.41, 5.74) is 3.64. The predicted octanol–water partition coefficient (Wildman–Crippen LogP) is 4.79. The first-order valence-electron chi connectivity index (χ1n) is 10.0. The fraction of sp³-hybridized carbons (Fsp3) is 0.304. The highest BCUT2D eigenvalue weighted by atomic mass is 16.6. The van der Waals surface area contributed by atoms with E-state index in [1.165, 1.54) is 11.3 Å². The first kappa shape index (κ1) is 19.2. The van der Waals surface area contributed by atoms with Gasteiger partial charge in [-0.15, -0.1) is 0 Å². The zero-order chi connectivity index (χ0) is 20.2. The van der Waals surface area contributed by atoms with Gasteiger partial charge in [-0.05, 0) is 48.7 Å². The SMILES string of the molecule is CCOc1ccc(CN2CCCn3cccc3[C@H]2c2ccc([N+](=O)[O-])cc2)cc1. The maximum atomic E-state index is 11.1. The third-order valence-electron chi connectivity index (χ3n) is 5.39. The van der Waals surface area contributed by atoms with Gasteiger partial charge in [0.2, 0.25) is 0 Å². The number of nitrogens with zero attached hydrogens (tertiary/aromatic N) is 3. The lowest BCUT2D eigenvalue weighted by atomic mass is 10.0. The van der Waals surface area contributed by atoms with Crippen LogP contribution in [0.15, 0.2) is 66.9 Å². The lowest BCUT2D eigenvalue weighted by Gasteiger charge is -2.30. The highest BCUT2D eigenvalue weighted by Crippen LogP contribution is 2.34. The second-order valence-corrected chi connectivity index (χ2v) is 7.28. The number of aromatic nitrogens is 1. The van der Waals surface area contributed by atoms with Gasteiger partial charge in [0.25, 0.3) is 5.69 Å². The van der Waals surface area contributed by atoms with Crippen molar-refractivity contribution in [1.29, 1.82) is 0 Å². The van der Waals surface area contributed by atoms with Crippen molar-refractivity contribution < 1.29 is 9.66 Å². The molecule has 0 amide bonds. The molecule has 6 nitrogen and oxygen atoms in total. The molecule has 1 aliphatic rings. The van der Waals surface area contributed by atoms with Crippen LogP contribution >= 0.6 is 0 Å². The topological polar surface area (TPSA) is 60.5 Å². The molecule has 1 aromatic heterocycles. The highest BCUT2D eigenvalue weighted by Gasteiger charge is 2.27. The number of ether oxygens (including phenoxy) is 1. The number of nitro benzene ring substituents is 1. The summed E-state index contributed by atoms with van der Waals surface area (Å²) in [4.78, 5) is 13.2. The van der Waals surface area contributed by atoms with E-state index in [9.17, 15) is 10.1 Å². The van der Waals surface area contributed by atoms with Crippen molar-refractivity contribution in [2.45, 2.75) is 32.5 Å². The number of fused-ring (bicyclic) bond motifs is 1.